The van der Waals surface area contributed by atoms with Gasteiger partial charge in [0.05, 0.1) is 25.4 Å². The topological polar surface area (TPSA) is 57.7 Å². The van der Waals surface area contributed by atoms with E-state index in [0.29, 0.717) is 19.1 Å². The van der Waals surface area contributed by atoms with Crippen molar-refractivity contribution >= 4 is 5.91 Å². The van der Waals surface area contributed by atoms with Crippen molar-refractivity contribution in [1.29, 1.82) is 0 Å². The van der Waals surface area contributed by atoms with Gasteiger partial charge in [0, 0.05) is 45.5 Å². The molecule has 1 aliphatic rings. The van der Waals surface area contributed by atoms with Crippen LogP contribution in [0.25, 0.3) is 0 Å². The highest BCUT2D eigenvalue weighted by atomic mass is 16.5. The van der Waals surface area contributed by atoms with E-state index in [2.05, 4.69) is 27.0 Å². The molecule has 1 saturated heterocycles. The van der Waals surface area contributed by atoms with Gasteiger partial charge in [0.2, 0.25) is 5.91 Å². The van der Waals surface area contributed by atoms with Crippen LogP contribution >= 0.6 is 0 Å². The lowest BCUT2D eigenvalue weighted by molar-refractivity contribution is -0.123. The van der Waals surface area contributed by atoms with Crippen LogP contribution in [0.1, 0.15) is 12.6 Å². The van der Waals surface area contributed by atoms with Crippen LogP contribution in [-0.4, -0.2) is 73.2 Å². The molecule has 1 unspecified atom stereocenters. The number of hydrogen-bond donors (Lipinski definition) is 1. The van der Waals surface area contributed by atoms with Crippen molar-refractivity contribution in [3.8, 4) is 0 Å². The first kappa shape index (κ1) is 16.9. The molecule has 0 saturated carbocycles. The molecule has 1 amide bonds. The first-order valence-corrected chi connectivity index (χ1v) is 7.81. The molecule has 0 aliphatic carbocycles. The van der Waals surface area contributed by atoms with Crippen LogP contribution in [0.2, 0.25) is 0 Å². The van der Waals surface area contributed by atoms with Gasteiger partial charge in [0.15, 0.2) is 0 Å². The van der Waals surface area contributed by atoms with Crippen LogP contribution < -0.4 is 5.32 Å². The van der Waals surface area contributed by atoms with E-state index in [0.717, 1.165) is 38.5 Å². The third kappa shape index (κ3) is 5.36. The minimum Gasteiger partial charge on any atom is -0.383 e. The summed E-state index contributed by atoms with van der Waals surface area (Å²) in [4.78, 5) is 20.9. The van der Waals surface area contributed by atoms with E-state index in [-0.39, 0.29) is 5.91 Å². The fraction of sp³-hybridized carbons (Fsp3) is 0.625. The average Bonchev–Trinajstić information content (AvgIpc) is 2.53. The monoisotopic (exact) mass is 306 g/mol. The Morgan fingerprint density at radius 1 is 1.45 bits per heavy atom. The summed E-state index contributed by atoms with van der Waals surface area (Å²) in [5.41, 5.74) is 0.883. The molecule has 1 aromatic heterocycles. The molecule has 1 aliphatic heterocycles. The number of hydrogen-bond acceptors (Lipinski definition) is 5. The second-order valence-electron chi connectivity index (χ2n) is 5.71. The van der Waals surface area contributed by atoms with E-state index in [1.807, 2.05) is 18.2 Å². The quantitative estimate of drug-likeness (QED) is 0.788. The van der Waals surface area contributed by atoms with E-state index < -0.39 is 0 Å². The SMILES string of the molecule is COCCN1CCN(CC(=O)NCc2ccccn2)CC1C. The number of carbonyl (C=O) groups is 1. The maximum Gasteiger partial charge on any atom is 0.234 e. The molecule has 6 heteroatoms. The number of aromatic nitrogens is 1. The molecule has 6 nitrogen and oxygen atoms in total. The largest absolute Gasteiger partial charge is 0.383 e. The van der Waals surface area contributed by atoms with Crippen LogP contribution in [0.3, 0.4) is 0 Å². The highest BCUT2D eigenvalue weighted by Crippen LogP contribution is 2.08. The zero-order chi connectivity index (χ0) is 15.8. The molecule has 0 bridgehead atoms. The molecule has 2 rings (SSSR count). The third-order valence-corrected chi connectivity index (χ3v) is 3.99. The Bertz CT molecular complexity index is 455. The van der Waals surface area contributed by atoms with Gasteiger partial charge in [-0.1, -0.05) is 6.07 Å². The van der Waals surface area contributed by atoms with Crippen LogP contribution in [-0.2, 0) is 16.1 Å². The Morgan fingerprint density at radius 3 is 3.00 bits per heavy atom. The molecule has 1 aromatic rings. The molecular weight excluding hydrogens is 280 g/mol. The Hall–Kier alpha value is -1.50. The van der Waals surface area contributed by atoms with Gasteiger partial charge in [0.25, 0.3) is 0 Å². The van der Waals surface area contributed by atoms with Crippen molar-refractivity contribution in [3.63, 3.8) is 0 Å². The summed E-state index contributed by atoms with van der Waals surface area (Å²) in [6, 6.07) is 6.16. The average molecular weight is 306 g/mol. The molecule has 22 heavy (non-hydrogen) atoms. The van der Waals surface area contributed by atoms with Crippen LogP contribution in [0.4, 0.5) is 0 Å². The highest BCUT2D eigenvalue weighted by Gasteiger charge is 2.24. The highest BCUT2D eigenvalue weighted by molar-refractivity contribution is 5.77. The predicted molar refractivity (Wildman–Crippen MR) is 85.4 cm³/mol. The smallest absolute Gasteiger partial charge is 0.234 e. The Balaban J connectivity index is 1.69. The number of nitrogens with one attached hydrogen (secondary N) is 1. The van der Waals surface area contributed by atoms with Crippen LogP contribution in [0.15, 0.2) is 24.4 Å². The number of carbonyl (C=O) groups excluding carboxylic acids is 1. The summed E-state index contributed by atoms with van der Waals surface area (Å²) in [6.07, 6.45) is 1.74. The Morgan fingerprint density at radius 2 is 2.32 bits per heavy atom. The molecule has 1 N–H and O–H groups in total. The predicted octanol–water partition coefficient (Wildman–Crippen LogP) is 0.350. The van der Waals surface area contributed by atoms with Gasteiger partial charge in [-0.15, -0.1) is 0 Å². The molecule has 0 spiro atoms. The van der Waals surface area contributed by atoms with Gasteiger partial charge >= 0.3 is 0 Å². The maximum atomic E-state index is 12.0. The summed E-state index contributed by atoms with van der Waals surface area (Å²) in [6.45, 7) is 7.68. The fourth-order valence-electron chi connectivity index (χ4n) is 2.71. The first-order chi connectivity index (χ1) is 10.7. The number of rotatable bonds is 7. The lowest BCUT2D eigenvalue weighted by atomic mass is 10.2. The number of methoxy groups -OCH3 is 1. The van der Waals surface area contributed by atoms with E-state index in [4.69, 9.17) is 4.74 Å². The van der Waals surface area contributed by atoms with Crippen molar-refractivity contribution < 1.29 is 9.53 Å². The van der Waals surface area contributed by atoms with Crippen molar-refractivity contribution in [1.82, 2.24) is 20.1 Å². The summed E-state index contributed by atoms with van der Waals surface area (Å²) in [7, 11) is 1.73. The number of nitrogens with zero attached hydrogens (tertiary/aromatic N) is 3. The maximum absolute atomic E-state index is 12.0. The lowest BCUT2D eigenvalue weighted by Crippen LogP contribution is -2.54. The van der Waals surface area contributed by atoms with E-state index in [9.17, 15) is 4.79 Å². The second-order valence-corrected chi connectivity index (χ2v) is 5.71. The van der Waals surface area contributed by atoms with Crippen molar-refractivity contribution in [3.05, 3.63) is 30.1 Å². The summed E-state index contributed by atoms with van der Waals surface area (Å²) >= 11 is 0. The molecule has 0 aromatic carbocycles. The molecular formula is C16H26N4O2. The number of ether oxygens (including phenoxy) is 1. The Labute approximate surface area is 132 Å². The van der Waals surface area contributed by atoms with Crippen LogP contribution in [0, 0.1) is 0 Å². The minimum atomic E-state index is 0.0585. The molecule has 122 valence electrons. The summed E-state index contributed by atoms with van der Waals surface area (Å²) in [5, 5.41) is 2.93. The first-order valence-electron chi connectivity index (χ1n) is 7.81. The second kappa shape index (κ2) is 8.82. The number of amides is 1. The van der Waals surface area contributed by atoms with Crippen molar-refractivity contribution in [2.45, 2.75) is 19.5 Å². The van der Waals surface area contributed by atoms with E-state index in [1.54, 1.807) is 13.3 Å². The Kier molecular flexibility index (Phi) is 6.76. The molecule has 1 atom stereocenters. The number of pyridine rings is 1. The van der Waals surface area contributed by atoms with E-state index in [1.165, 1.54) is 0 Å². The lowest BCUT2D eigenvalue weighted by Gasteiger charge is -2.39. The molecule has 2 heterocycles. The number of piperazine rings is 1. The zero-order valence-electron chi connectivity index (χ0n) is 13.5. The van der Waals surface area contributed by atoms with Crippen molar-refractivity contribution in [2.24, 2.45) is 0 Å². The van der Waals surface area contributed by atoms with Gasteiger partial charge in [-0.3, -0.25) is 19.6 Å². The van der Waals surface area contributed by atoms with Crippen LogP contribution in [0.5, 0.6) is 0 Å². The molecule has 1 fully saturated rings. The normalized spacial score (nSPS) is 20.0. The van der Waals surface area contributed by atoms with Gasteiger partial charge < -0.3 is 10.1 Å². The third-order valence-electron chi connectivity index (χ3n) is 3.99. The van der Waals surface area contributed by atoms with Gasteiger partial charge in [-0.25, -0.2) is 0 Å². The van der Waals surface area contributed by atoms with E-state index >= 15 is 0 Å². The van der Waals surface area contributed by atoms with Gasteiger partial charge in [-0.2, -0.15) is 0 Å². The summed E-state index contributed by atoms with van der Waals surface area (Å²) in [5.74, 6) is 0.0585. The zero-order valence-corrected chi connectivity index (χ0v) is 13.5. The molecule has 0 radical (unpaired) electrons. The minimum absolute atomic E-state index is 0.0585. The standard InChI is InChI=1S/C16H26N4O2/c1-14-12-19(7-8-20(14)9-10-22-2)13-16(21)18-11-15-5-3-4-6-17-15/h3-6,14H,7-13H2,1-2H3,(H,18,21). The van der Waals surface area contributed by atoms with Gasteiger partial charge in [-0.05, 0) is 19.1 Å². The fourth-order valence-corrected chi connectivity index (χ4v) is 2.71. The van der Waals surface area contributed by atoms with Gasteiger partial charge in [0.1, 0.15) is 0 Å². The van der Waals surface area contributed by atoms with Crippen molar-refractivity contribution in [2.75, 3.05) is 46.4 Å². The summed E-state index contributed by atoms with van der Waals surface area (Å²) < 4.78 is 5.13.